The Balaban J connectivity index is -0.000000123. The van der Waals surface area contributed by atoms with Gasteiger partial charge in [-0.05, 0) is 12.8 Å². The van der Waals surface area contributed by atoms with E-state index in [9.17, 15) is 0 Å². The van der Waals surface area contributed by atoms with Gasteiger partial charge in [-0.2, -0.15) is 0 Å². The zero-order valence-electron chi connectivity index (χ0n) is 14.4. The number of carbonyl (C=O) groups is 5. The predicted molar refractivity (Wildman–Crippen MR) is 84.5 cm³/mol. The summed E-state index contributed by atoms with van der Waals surface area (Å²) in [5, 5.41) is 37.0. The Hall–Kier alpha value is -2.69. The van der Waals surface area contributed by atoms with Crippen LogP contribution in [0.4, 0.5) is 0 Å². The molecule has 0 aromatic heterocycles. The standard InChI is InChI=1S/C8H18O.2C2H2O4.C2H4O2/c1-3-5-7-9-8-6-4-2;2*3-1(4)2(5)6;1-2(3)4/h3-8H2,1-2H3;2*(H,3,4)(H,5,6);1H3,(H,3,4). The molecule has 0 aliphatic rings. The van der Waals surface area contributed by atoms with Gasteiger partial charge in [0, 0.05) is 20.1 Å². The van der Waals surface area contributed by atoms with Gasteiger partial charge in [-0.1, -0.05) is 26.7 Å². The molecule has 0 saturated heterocycles. The van der Waals surface area contributed by atoms with Crippen LogP contribution in [-0.4, -0.2) is 68.6 Å². The Morgan fingerprint density at radius 1 is 0.640 bits per heavy atom. The molecule has 0 rings (SSSR count). The highest BCUT2D eigenvalue weighted by molar-refractivity contribution is 6.27. The van der Waals surface area contributed by atoms with E-state index in [1.54, 1.807) is 0 Å². The fourth-order valence-electron chi connectivity index (χ4n) is 0.595. The summed E-state index contributed by atoms with van der Waals surface area (Å²) in [6.07, 6.45) is 4.91. The first-order valence-electron chi connectivity index (χ1n) is 7.13. The van der Waals surface area contributed by atoms with Crippen LogP contribution < -0.4 is 0 Å². The monoisotopic (exact) mass is 370 g/mol. The van der Waals surface area contributed by atoms with Crippen LogP contribution in [-0.2, 0) is 28.7 Å². The molecule has 0 heterocycles. The molecule has 5 N–H and O–H groups in total. The minimum Gasteiger partial charge on any atom is -0.481 e. The highest BCUT2D eigenvalue weighted by atomic mass is 16.5. The van der Waals surface area contributed by atoms with Crippen LogP contribution in [0.25, 0.3) is 0 Å². The summed E-state index contributed by atoms with van der Waals surface area (Å²) in [4.78, 5) is 45.4. The summed E-state index contributed by atoms with van der Waals surface area (Å²) in [5.41, 5.74) is 0. The van der Waals surface area contributed by atoms with Gasteiger partial charge >= 0.3 is 23.9 Å². The minimum atomic E-state index is -1.82. The topological polar surface area (TPSA) is 196 Å². The third-order valence-electron chi connectivity index (χ3n) is 1.65. The summed E-state index contributed by atoms with van der Waals surface area (Å²) in [6.45, 7) is 7.36. The lowest BCUT2D eigenvalue weighted by atomic mass is 10.3. The summed E-state index contributed by atoms with van der Waals surface area (Å²) in [7, 11) is 0. The van der Waals surface area contributed by atoms with Crippen LogP contribution >= 0.6 is 0 Å². The molecule has 0 aromatic rings. The number of hydrogen-bond acceptors (Lipinski definition) is 6. The fraction of sp³-hybridized carbons (Fsp3) is 0.643. The van der Waals surface area contributed by atoms with E-state index in [0.717, 1.165) is 20.1 Å². The first-order chi connectivity index (χ1) is 11.4. The molecule has 0 bridgehead atoms. The van der Waals surface area contributed by atoms with E-state index in [1.165, 1.54) is 25.7 Å². The van der Waals surface area contributed by atoms with Crippen LogP contribution in [0, 0.1) is 0 Å². The van der Waals surface area contributed by atoms with Crippen molar-refractivity contribution in [2.75, 3.05) is 13.2 Å². The zero-order valence-corrected chi connectivity index (χ0v) is 14.4. The molecule has 25 heavy (non-hydrogen) atoms. The van der Waals surface area contributed by atoms with E-state index in [2.05, 4.69) is 13.8 Å². The molecule has 0 fully saturated rings. The summed E-state index contributed by atoms with van der Waals surface area (Å²) in [5.74, 6) is -8.13. The van der Waals surface area contributed by atoms with E-state index in [0.29, 0.717) is 0 Å². The molecule has 0 unspecified atom stereocenters. The largest absolute Gasteiger partial charge is 0.481 e. The summed E-state index contributed by atoms with van der Waals surface area (Å²) >= 11 is 0. The van der Waals surface area contributed by atoms with Crippen molar-refractivity contribution in [3.8, 4) is 0 Å². The molecule has 0 aliphatic heterocycles. The number of hydrogen-bond donors (Lipinski definition) is 5. The zero-order chi connectivity index (χ0) is 20.8. The van der Waals surface area contributed by atoms with E-state index in [4.69, 9.17) is 54.2 Å². The Bertz CT molecular complexity index is 332. The lowest BCUT2D eigenvalue weighted by Gasteiger charge is -1.99. The Labute approximate surface area is 144 Å². The van der Waals surface area contributed by atoms with Gasteiger partial charge in [0.1, 0.15) is 0 Å². The Morgan fingerprint density at radius 3 is 0.960 bits per heavy atom. The number of ether oxygens (including phenoxy) is 1. The SMILES string of the molecule is CC(=O)O.CCCCOCCCC.O=C(O)C(=O)O.O=C(O)C(=O)O. The highest BCUT2D eigenvalue weighted by Gasteiger charge is 2.04. The second-order valence-corrected chi connectivity index (χ2v) is 4.06. The molecule has 148 valence electrons. The van der Waals surface area contributed by atoms with E-state index in [1.807, 2.05) is 0 Å². The van der Waals surface area contributed by atoms with Crippen LogP contribution in [0.5, 0.6) is 0 Å². The normalized spacial score (nSPS) is 8.12. The fourth-order valence-corrected chi connectivity index (χ4v) is 0.595. The maximum Gasteiger partial charge on any atom is 0.414 e. The van der Waals surface area contributed by atoms with E-state index < -0.39 is 29.8 Å². The second kappa shape index (κ2) is 23.6. The van der Waals surface area contributed by atoms with Gasteiger partial charge in [0.25, 0.3) is 5.97 Å². The van der Waals surface area contributed by atoms with Crippen molar-refractivity contribution >= 4 is 29.8 Å². The molecule has 11 heteroatoms. The van der Waals surface area contributed by atoms with Gasteiger partial charge in [0.15, 0.2) is 0 Å². The van der Waals surface area contributed by atoms with E-state index in [-0.39, 0.29) is 0 Å². The molecule has 0 aliphatic carbocycles. The number of carboxylic acid groups (broad SMARTS) is 5. The Kier molecular flexibility index (Phi) is 28.5. The average Bonchev–Trinajstić information content (AvgIpc) is 2.47. The molecular weight excluding hydrogens is 344 g/mol. The molecule has 11 nitrogen and oxygen atoms in total. The van der Waals surface area contributed by atoms with Crippen LogP contribution in [0.1, 0.15) is 46.5 Å². The third-order valence-corrected chi connectivity index (χ3v) is 1.65. The molecule has 0 amide bonds. The first kappa shape index (κ1) is 30.2. The summed E-state index contributed by atoms with van der Waals surface area (Å²) < 4.78 is 5.31. The second-order valence-electron chi connectivity index (χ2n) is 4.06. The number of rotatable bonds is 6. The lowest BCUT2D eigenvalue weighted by Crippen LogP contribution is -2.09. The first-order valence-corrected chi connectivity index (χ1v) is 7.13. The van der Waals surface area contributed by atoms with Crippen LogP contribution in [0.2, 0.25) is 0 Å². The molecular formula is C14H26O11. The maximum absolute atomic E-state index is 9.10. The maximum atomic E-state index is 9.10. The van der Waals surface area contributed by atoms with Crippen LogP contribution in [0.3, 0.4) is 0 Å². The van der Waals surface area contributed by atoms with Gasteiger partial charge in [0.05, 0.1) is 0 Å². The minimum absolute atomic E-state index is 0.833. The molecule has 0 aromatic carbocycles. The third kappa shape index (κ3) is 62.1. The predicted octanol–water partition coefficient (Wildman–Crippen LogP) is 1.01. The van der Waals surface area contributed by atoms with Gasteiger partial charge in [0.2, 0.25) is 0 Å². The van der Waals surface area contributed by atoms with Crippen molar-refractivity contribution in [3.63, 3.8) is 0 Å². The number of aliphatic carboxylic acids is 5. The quantitative estimate of drug-likeness (QED) is 0.330. The number of unbranched alkanes of at least 4 members (excludes halogenated alkanes) is 2. The Morgan fingerprint density at radius 2 is 0.840 bits per heavy atom. The van der Waals surface area contributed by atoms with Crippen molar-refractivity contribution in [2.24, 2.45) is 0 Å². The van der Waals surface area contributed by atoms with Gasteiger partial charge in [-0.25, -0.2) is 19.2 Å². The van der Waals surface area contributed by atoms with Crippen molar-refractivity contribution in [1.29, 1.82) is 0 Å². The van der Waals surface area contributed by atoms with Crippen molar-refractivity contribution in [1.82, 2.24) is 0 Å². The van der Waals surface area contributed by atoms with E-state index >= 15 is 0 Å². The van der Waals surface area contributed by atoms with Crippen molar-refractivity contribution < 1.29 is 54.2 Å². The molecule has 0 radical (unpaired) electrons. The molecule has 0 saturated carbocycles. The number of carboxylic acids is 5. The van der Waals surface area contributed by atoms with Gasteiger partial charge < -0.3 is 30.3 Å². The molecule has 0 atom stereocenters. The summed E-state index contributed by atoms with van der Waals surface area (Å²) in [6, 6.07) is 0. The van der Waals surface area contributed by atoms with Crippen molar-refractivity contribution in [2.45, 2.75) is 46.5 Å². The average molecular weight is 370 g/mol. The van der Waals surface area contributed by atoms with Gasteiger partial charge in [-0.3, -0.25) is 4.79 Å². The molecule has 0 spiro atoms. The van der Waals surface area contributed by atoms with Gasteiger partial charge in [-0.15, -0.1) is 0 Å². The van der Waals surface area contributed by atoms with Crippen molar-refractivity contribution in [3.05, 3.63) is 0 Å². The highest BCUT2D eigenvalue weighted by Crippen LogP contribution is 1.91. The lowest BCUT2D eigenvalue weighted by molar-refractivity contribution is -0.159. The smallest absolute Gasteiger partial charge is 0.414 e. The van der Waals surface area contributed by atoms with Crippen LogP contribution in [0.15, 0.2) is 0 Å².